The zero-order valence-electron chi connectivity index (χ0n) is 12.5. The van der Waals surface area contributed by atoms with Crippen LogP contribution >= 0.6 is 0 Å². The summed E-state index contributed by atoms with van der Waals surface area (Å²) >= 11 is 0. The minimum absolute atomic E-state index is 0.470. The van der Waals surface area contributed by atoms with Crippen LogP contribution in [0.4, 0.5) is 0 Å². The molecule has 0 saturated carbocycles. The van der Waals surface area contributed by atoms with Crippen molar-refractivity contribution < 1.29 is 4.74 Å². The normalized spacial score (nSPS) is 12.2. The molecule has 0 aliphatic carbocycles. The lowest BCUT2D eigenvalue weighted by Crippen LogP contribution is -2.23. The Balaban J connectivity index is 2.03. The maximum atomic E-state index is 5.88. The van der Waals surface area contributed by atoms with Gasteiger partial charge in [0.05, 0.1) is 0 Å². The highest BCUT2D eigenvalue weighted by Crippen LogP contribution is 2.20. The second kappa shape index (κ2) is 7.11. The fourth-order valence-corrected chi connectivity index (χ4v) is 2.13. The van der Waals surface area contributed by atoms with Crippen LogP contribution in [0, 0.1) is 6.92 Å². The van der Waals surface area contributed by atoms with Gasteiger partial charge in [0.25, 0.3) is 0 Å². The molecular weight excluding hydrogens is 246 g/mol. The van der Waals surface area contributed by atoms with E-state index in [4.69, 9.17) is 4.74 Å². The van der Waals surface area contributed by atoms with Crippen LogP contribution in [0.15, 0.2) is 48.5 Å². The summed E-state index contributed by atoms with van der Waals surface area (Å²) in [6, 6.07) is 17.1. The van der Waals surface area contributed by atoms with E-state index < -0.39 is 0 Å². The number of hydrogen-bond acceptors (Lipinski definition) is 2. The molecule has 0 saturated heterocycles. The van der Waals surface area contributed by atoms with Crippen LogP contribution in [0.2, 0.25) is 0 Å². The Labute approximate surface area is 121 Å². The van der Waals surface area contributed by atoms with E-state index in [1.54, 1.807) is 0 Å². The summed E-state index contributed by atoms with van der Waals surface area (Å²) in [5.74, 6) is 0.942. The van der Waals surface area contributed by atoms with E-state index in [2.05, 4.69) is 43.4 Å². The van der Waals surface area contributed by atoms with Gasteiger partial charge in [0.1, 0.15) is 12.4 Å². The van der Waals surface area contributed by atoms with Crippen LogP contribution in [-0.2, 0) is 13.0 Å². The maximum absolute atomic E-state index is 5.88. The zero-order chi connectivity index (χ0) is 14.4. The van der Waals surface area contributed by atoms with Crippen LogP contribution in [0.25, 0.3) is 0 Å². The molecule has 0 radical (unpaired) electrons. The summed E-state index contributed by atoms with van der Waals surface area (Å²) in [7, 11) is 2.00. The molecule has 0 aliphatic rings. The number of hydrogen-bond donors (Lipinski definition) is 1. The van der Waals surface area contributed by atoms with Crippen LogP contribution < -0.4 is 10.1 Å². The van der Waals surface area contributed by atoms with Gasteiger partial charge < -0.3 is 10.1 Å². The van der Waals surface area contributed by atoms with E-state index in [1.807, 2.05) is 31.3 Å². The molecule has 2 aromatic rings. The number of rotatable bonds is 6. The molecule has 0 heterocycles. The minimum Gasteiger partial charge on any atom is -0.489 e. The molecule has 0 bridgehead atoms. The first-order chi connectivity index (χ1) is 9.69. The summed E-state index contributed by atoms with van der Waals surface area (Å²) in [4.78, 5) is 0. The first kappa shape index (κ1) is 14.6. The quantitative estimate of drug-likeness (QED) is 0.863. The van der Waals surface area contributed by atoms with Gasteiger partial charge in [-0.3, -0.25) is 0 Å². The van der Waals surface area contributed by atoms with Crippen LogP contribution in [-0.4, -0.2) is 13.1 Å². The van der Waals surface area contributed by atoms with Gasteiger partial charge >= 0.3 is 0 Å². The van der Waals surface area contributed by atoms with Gasteiger partial charge in [-0.15, -0.1) is 0 Å². The molecule has 2 nitrogen and oxygen atoms in total. The number of nitrogens with one attached hydrogen (secondary N) is 1. The van der Waals surface area contributed by atoms with Crippen LogP contribution in [0.1, 0.15) is 23.6 Å². The summed E-state index contributed by atoms with van der Waals surface area (Å²) in [6.45, 7) is 4.96. The number of benzene rings is 2. The Morgan fingerprint density at radius 3 is 2.55 bits per heavy atom. The number of likely N-dealkylation sites (N-methyl/N-ethyl adjacent to an activating group) is 1. The highest BCUT2D eigenvalue weighted by molar-refractivity contribution is 5.35. The first-order valence-electron chi connectivity index (χ1n) is 7.12. The largest absolute Gasteiger partial charge is 0.489 e. The molecule has 0 spiro atoms. The smallest absolute Gasteiger partial charge is 0.120 e. The summed E-state index contributed by atoms with van der Waals surface area (Å²) in [5.41, 5.74) is 3.86. The van der Waals surface area contributed by atoms with E-state index in [9.17, 15) is 0 Å². The third kappa shape index (κ3) is 4.10. The van der Waals surface area contributed by atoms with E-state index in [1.165, 1.54) is 16.7 Å². The molecule has 106 valence electrons. The van der Waals surface area contributed by atoms with Gasteiger partial charge in [0.2, 0.25) is 0 Å². The molecule has 0 fully saturated rings. The van der Waals surface area contributed by atoms with Gasteiger partial charge in [-0.25, -0.2) is 0 Å². The third-order valence-electron chi connectivity index (χ3n) is 3.59. The lowest BCUT2D eigenvalue weighted by atomic mass is 10.0. The third-order valence-corrected chi connectivity index (χ3v) is 3.59. The van der Waals surface area contributed by atoms with E-state index in [0.29, 0.717) is 12.6 Å². The summed E-state index contributed by atoms with van der Waals surface area (Å²) in [6.07, 6.45) is 1.02. The lowest BCUT2D eigenvalue weighted by Gasteiger charge is -2.14. The van der Waals surface area contributed by atoms with Crippen molar-refractivity contribution in [2.75, 3.05) is 7.05 Å². The SMILES string of the molecule is CNC(C)Cc1cc(OCc2ccccc2)ccc1C. The van der Waals surface area contributed by atoms with Crippen molar-refractivity contribution in [1.82, 2.24) is 5.32 Å². The molecule has 20 heavy (non-hydrogen) atoms. The van der Waals surface area contributed by atoms with E-state index in [0.717, 1.165) is 12.2 Å². The Morgan fingerprint density at radius 2 is 1.85 bits per heavy atom. The molecule has 1 atom stereocenters. The predicted octanol–water partition coefficient (Wildman–Crippen LogP) is 3.72. The molecule has 0 amide bonds. The first-order valence-corrected chi connectivity index (χ1v) is 7.12. The maximum Gasteiger partial charge on any atom is 0.120 e. The zero-order valence-corrected chi connectivity index (χ0v) is 12.5. The lowest BCUT2D eigenvalue weighted by molar-refractivity contribution is 0.306. The van der Waals surface area contributed by atoms with E-state index in [-0.39, 0.29) is 0 Å². The standard InChI is InChI=1S/C18H23NO/c1-14-9-10-18(12-17(14)11-15(2)19-3)20-13-16-7-5-4-6-8-16/h4-10,12,15,19H,11,13H2,1-3H3. The summed E-state index contributed by atoms with van der Waals surface area (Å²) in [5, 5.41) is 3.28. The van der Waals surface area contributed by atoms with Gasteiger partial charge in [-0.05, 0) is 56.1 Å². The molecule has 1 N–H and O–H groups in total. The second-order valence-corrected chi connectivity index (χ2v) is 5.26. The van der Waals surface area contributed by atoms with Gasteiger partial charge in [0.15, 0.2) is 0 Å². The molecule has 1 unspecified atom stereocenters. The van der Waals surface area contributed by atoms with Crippen molar-refractivity contribution in [2.45, 2.75) is 32.9 Å². The molecule has 2 aromatic carbocycles. The summed E-state index contributed by atoms with van der Waals surface area (Å²) < 4.78 is 5.88. The fourth-order valence-electron chi connectivity index (χ4n) is 2.13. The monoisotopic (exact) mass is 269 g/mol. The molecular formula is C18H23NO. The second-order valence-electron chi connectivity index (χ2n) is 5.26. The molecule has 2 heteroatoms. The van der Waals surface area contributed by atoms with E-state index >= 15 is 0 Å². The van der Waals surface area contributed by atoms with Crippen molar-refractivity contribution in [1.29, 1.82) is 0 Å². The van der Waals surface area contributed by atoms with Crippen molar-refractivity contribution in [3.05, 3.63) is 65.2 Å². The van der Waals surface area contributed by atoms with Crippen molar-refractivity contribution >= 4 is 0 Å². The van der Waals surface area contributed by atoms with Crippen LogP contribution in [0.3, 0.4) is 0 Å². The molecule has 0 aliphatic heterocycles. The Bertz CT molecular complexity index is 536. The minimum atomic E-state index is 0.470. The topological polar surface area (TPSA) is 21.3 Å². The average Bonchev–Trinajstić information content (AvgIpc) is 2.49. The number of ether oxygens (including phenoxy) is 1. The van der Waals surface area contributed by atoms with Gasteiger partial charge in [-0.2, -0.15) is 0 Å². The van der Waals surface area contributed by atoms with Crippen molar-refractivity contribution in [3.8, 4) is 5.75 Å². The van der Waals surface area contributed by atoms with Crippen LogP contribution in [0.5, 0.6) is 5.75 Å². The van der Waals surface area contributed by atoms with Crippen molar-refractivity contribution in [3.63, 3.8) is 0 Å². The Hall–Kier alpha value is -1.80. The predicted molar refractivity (Wildman–Crippen MR) is 84.2 cm³/mol. The van der Waals surface area contributed by atoms with Gasteiger partial charge in [-0.1, -0.05) is 36.4 Å². The number of aryl methyl sites for hydroxylation is 1. The molecule has 0 aromatic heterocycles. The highest BCUT2D eigenvalue weighted by Gasteiger charge is 2.06. The highest BCUT2D eigenvalue weighted by atomic mass is 16.5. The fraction of sp³-hybridized carbons (Fsp3) is 0.333. The van der Waals surface area contributed by atoms with Crippen molar-refractivity contribution in [2.24, 2.45) is 0 Å². The Morgan fingerprint density at radius 1 is 1.10 bits per heavy atom. The Kier molecular flexibility index (Phi) is 5.19. The van der Waals surface area contributed by atoms with Gasteiger partial charge in [0, 0.05) is 6.04 Å². The average molecular weight is 269 g/mol. The molecule has 2 rings (SSSR count).